The molecule has 1 unspecified atom stereocenters. The van der Waals surface area contributed by atoms with Crippen molar-refractivity contribution in [2.45, 2.75) is 36.5 Å². The summed E-state index contributed by atoms with van der Waals surface area (Å²) < 4.78 is 103. The molecule has 0 aliphatic heterocycles. The summed E-state index contributed by atoms with van der Waals surface area (Å²) in [6.07, 6.45) is 1.96. The van der Waals surface area contributed by atoms with Crippen molar-refractivity contribution in [2.24, 2.45) is 0 Å². The third kappa shape index (κ3) is 8.07. The van der Waals surface area contributed by atoms with Gasteiger partial charge in [0.05, 0.1) is 23.1 Å². The van der Waals surface area contributed by atoms with E-state index in [1.54, 1.807) is 55.5 Å². The summed E-state index contributed by atoms with van der Waals surface area (Å²) in [5, 5.41) is 19.4. The molecule has 0 spiro atoms. The Balaban J connectivity index is 1.31. The normalized spacial score (nSPS) is 12.6. The third-order valence-electron chi connectivity index (χ3n) is 7.99. The van der Waals surface area contributed by atoms with Crippen LogP contribution in [0.25, 0.3) is 0 Å². The zero-order valence-electron chi connectivity index (χ0n) is 27.6. The standard InChI is InChI=1S/C38H26F4N6O4S/c1-26-2-16-33(17-3-26)53(49,50)52-37(24-48-25-45-46-47-48,34-18-13-31(39)20-35(34)40)38(41,42)36-19-12-29(22-44-36)7-4-27-10-14-32(15-11-27)51-23-30-8-5-28(21-43)6-9-30/h2-3,5-6,8-20,22,25H,23-24H2,1H3. The van der Waals surface area contributed by atoms with Crippen LogP contribution < -0.4 is 4.74 Å². The Morgan fingerprint density at radius 1 is 0.849 bits per heavy atom. The van der Waals surface area contributed by atoms with Crippen molar-refractivity contribution < 1.29 is 34.9 Å². The van der Waals surface area contributed by atoms with Crippen LogP contribution in [0, 0.1) is 41.7 Å². The van der Waals surface area contributed by atoms with Crippen LogP contribution in [0.1, 0.15) is 39.1 Å². The van der Waals surface area contributed by atoms with Crippen LogP contribution in [-0.2, 0) is 39.0 Å². The summed E-state index contributed by atoms with van der Waals surface area (Å²) in [4.78, 5) is 3.41. The number of nitriles is 1. The molecule has 15 heteroatoms. The average molecular weight is 739 g/mol. The molecule has 0 saturated carbocycles. The second-order valence-electron chi connectivity index (χ2n) is 11.7. The number of halogens is 4. The van der Waals surface area contributed by atoms with Gasteiger partial charge >= 0.3 is 5.92 Å². The largest absolute Gasteiger partial charge is 0.489 e. The lowest BCUT2D eigenvalue weighted by molar-refractivity contribution is -0.190. The Bertz CT molecular complexity index is 2430. The van der Waals surface area contributed by atoms with E-state index in [9.17, 15) is 12.8 Å². The van der Waals surface area contributed by atoms with E-state index in [1.807, 2.05) is 0 Å². The SMILES string of the molecule is Cc1ccc(S(=O)(=O)OC(Cn2cnnn2)(c2ccc(F)cc2F)C(F)(F)c2ccc(C#Cc3ccc(OCc4ccc(C#N)cc4)cc3)cn2)cc1. The maximum Gasteiger partial charge on any atom is 0.325 e. The topological polar surface area (TPSA) is 133 Å². The highest BCUT2D eigenvalue weighted by Gasteiger charge is 2.62. The molecule has 53 heavy (non-hydrogen) atoms. The van der Waals surface area contributed by atoms with E-state index in [1.165, 1.54) is 18.2 Å². The fraction of sp³-hybridized carbons (Fsp3) is 0.132. The Morgan fingerprint density at radius 2 is 1.53 bits per heavy atom. The van der Waals surface area contributed by atoms with Crippen LogP contribution in [-0.4, -0.2) is 33.6 Å². The zero-order chi connectivity index (χ0) is 37.6. The predicted molar refractivity (Wildman–Crippen MR) is 181 cm³/mol. The fourth-order valence-corrected chi connectivity index (χ4v) is 6.38. The maximum atomic E-state index is 17.1. The number of pyridine rings is 1. The number of alkyl halides is 2. The minimum absolute atomic E-state index is 0.220. The minimum atomic E-state index is -5.07. The van der Waals surface area contributed by atoms with Crippen molar-refractivity contribution in [3.05, 3.63) is 166 Å². The minimum Gasteiger partial charge on any atom is -0.489 e. The monoisotopic (exact) mass is 738 g/mol. The molecule has 0 fully saturated rings. The summed E-state index contributed by atoms with van der Waals surface area (Å²) in [5.74, 6) is -0.735. The van der Waals surface area contributed by atoms with Crippen LogP contribution in [0.3, 0.4) is 0 Å². The molecule has 2 aromatic heterocycles. The fourth-order valence-electron chi connectivity index (χ4n) is 5.20. The molecule has 0 bridgehead atoms. The first-order chi connectivity index (χ1) is 25.4. The van der Waals surface area contributed by atoms with Crippen molar-refractivity contribution in [3.63, 3.8) is 0 Å². The smallest absolute Gasteiger partial charge is 0.325 e. The molecular formula is C38H26F4N6O4S. The van der Waals surface area contributed by atoms with Gasteiger partial charge in [0.25, 0.3) is 10.1 Å². The summed E-state index contributed by atoms with van der Waals surface area (Å²) in [5.41, 5.74) is -2.55. The van der Waals surface area contributed by atoms with E-state index >= 15 is 13.2 Å². The van der Waals surface area contributed by atoms with Gasteiger partial charge in [0.1, 0.15) is 36.0 Å². The number of aromatic nitrogens is 5. The van der Waals surface area contributed by atoms with E-state index in [2.05, 4.69) is 38.4 Å². The molecule has 0 saturated heterocycles. The van der Waals surface area contributed by atoms with Crippen molar-refractivity contribution in [1.82, 2.24) is 25.2 Å². The molecule has 0 aliphatic rings. The second-order valence-corrected chi connectivity index (χ2v) is 13.2. The summed E-state index contributed by atoms with van der Waals surface area (Å²) in [7, 11) is -5.07. The first kappa shape index (κ1) is 36.4. The number of benzene rings is 4. The molecule has 1 atom stereocenters. The first-order valence-corrected chi connectivity index (χ1v) is 17.1. The maximum absolute atomic E-state index is 17.1. The number of tetrazole rings is 1. The highest BCUT2D eigenvalue weighted by atomic mass is 32.2. The van der Waals surface area contributed by atoms with Gasteiger partial charge in [-0.2, -0.15) is 22.5 Å². The molecule has 0 aliphatic carbocycles. The van der Waals surface area contributed by atoms with Crippen LogP contribution in [0.5, 0.6) is 5.75 Å². The van der Waals surface area contributed by atoms with E-state index in [4.69, 9.17) is 14.2 Å². The van der Waals surface area contributed by atoms with Gasteiger partial charge in [-0.15, -0.1) is 5.10 Å². The predicted octanol–water partition coefficient (Wildman–Crippen LogP) is 6.60. The quantitative estimate of drug-likeness (QED) is 0.0820. The van der Waals surface area contributed by atoms with Gasteiger partial charge < -0.3 is 4.74 Å². The lowest BCUT2D eigenvalue weighted by atomic mass is 9.84. The van der Waals surface area contributed by atoms with Crippen molar-refractivity contribution in [1.29, 1.82) is 5.26 Å². The third-order valence-corrected chi connectivity index (χ3v) is 9.34. The molecular weight excluding hydrogens is 713 g/mol. The molecule has 0 N–H and O–H groups in total. The Labute approximate surface area is 301 Å². The Morgan fingerprint density at radius 3 is 2.15 bits per heavy atom. The number of hydrogen-bond acceptors (Lipinski definition) is 9. The van der Waals surface area contributed by atoms with Crippen molar-refractivity contribution in [2.75, 3.05) is 0 Å². The number of ether oxygens (including phenoxy) is 1. The molecule has 266 valence electrons. The Hall–Kier alpha value is -6.42. The highest BCUT2D eigenvalue weighted by molar-refractivity contribution is 7.86. The van der Waals surface area contributed by atoms with Crippen LogP contribution in [0.15, 0.2) is 121 Å². The van der Waals surface area contributed by atoms with Gasteiger partial charge in [-0.25, -0.2) is 17.6 Å². The molecule has 6 rings (SSSR count). The first-order valence-electron chi connectivity index (χ1n) is 15.7. The van der Waals surface area contributed by atoms with E-state index in [0.717, 1.165) is 41.0 Å². The van der Waals surface area contributed by atoms with Gasteiger partial charge in [0.2, 0.25) is 5.60 Å². The molecule has 6 aromatic rings. The van der Waals surface area contributed by atoms with Crippen LogP contribution in [0.4, 0.5) is 17.6 Å². The lowest BCUT2D eigenvalue weighted by Gasteiger charge is -2.39. The highest BCUT2D eigenvalue weighted by Crippen LogP contribution is 2.51. The molecule has 4 aromatic carbocycles. The summed E-state index contributed by atoms with van der Waals surface area (Å²) in [6.45, 7) is 0.832. The van der Waals surface area contributed by atoms with Gasteiger partial charge in [-0.3, -0.25) is 4.98 Å². The molecule has 0 radical (unpaired) electrons. The van der Waals surface area contributed by atoms with Gasteiger partial charge in [0, 0.05) is 29.0 Å². The van der Waals surface area contributed by atoms with Crippen LogP contribution >= 0.6 is 0 Å². The summed E-state index contributed by atoms with van der Waals surface area (Å²) >= 11 is 0. The van der Waals surface area contributed by atoms with Gasteiger partial charge in [-0.1, -0.05) is 41.7 Å². The number of hydrogen-bond donors (Lipinski definition) is 0. The van der Waals surface area contributed by atoms with E-state index in [0.29, 0.717) is 40.6 Å². The van der Waals surface area contributed by atoms with Gasteiger partial charge in [0.15, 0.2) is 0 Å². The van der Waals surface area contributed by atoms with Crippen LogP contribution in [0.2, 0.25) is 0 Å². The van der Waals surface area contributed by atoms with E-state index in [-0.39, 0.29) is 12.2 Å². The van der Waals surface area contributed by atoms with Crippen molar-refractivity contribution in [3.8, 4) is 23.7 Å². The number of nitrogens with zero attached hydrogens (tertiary/aromatic N) is 6. The second kappa shape index (κ2) is 15.1. The van der Waals surface area contributed by atoms with Crippen molar-refractivity contribution >= 4 is 10.1 Å². The van der Waals surface area contributed by atoms with Gasteiger partial charge in [-0.05, 0) is 95.7 Å². The average Bonchev–Trinajstić information content (AvgIpc) is 3.66. The molecule has 0 amide bonds. The Kier molecular flexibility index (Phi) is 10.3. The zero-order valence-corrected chi connectivity index (χ0v) is 28.4. The molecule has 10 nitrogen and oxygen atoms in total. The van der Waals surface area contributed by atoms with E-state index < -0.39 is 56.0 Å². The number of aryl methyl sites for hydroxylation is 1. The number of rotatable bonds is 11. The summed E-state index contributed by atoms with van der Waals surface area (Å²) in [6, 6.07) is 24.9. The molecule has 2 heterocycles. The lowest BCUT2D eigenvalue weighted by Crippen LogP contribution is -2.51.